The summed E-state index contributed by atoms with van der Waals surface area (Å²) in [5.41, 5.74) is -0.0113. The van der Waals surface area contributed by atoms with E-state index in [-0.39, 0.29) is 23.7 Å². The first-order valence-corrected chi connectivity index (χ1v) is 18.6. The van der Waals surface area contributed by atoms with Gasteiger partial charge in [-0.1, -0.05) is 26.6 Å². The highest BCUT2D eigenvalue weighted by Crippen LogP contribution is 2.34. The quantitative estimate of drug-likeness (QED) is 0.550. The molecule has 7 heteroatoms. The first-order chi connectivity index (χ1) is 9.62. The molecule has 1 aliphatic heterocycles. The second kappa shape index (κ2) is 6.51. The van der Waals surface area contributed by atoms with E-state index >= 15 is 0 Å². The molecule has 1 fully saturated rings. The van der Waals surface area contributed by atoms with E-state index in [1.54, 1.807) is 0 Å². The maximum atomic E-state index is 12.6. The van der Waals surface area contributed by atoms with Crippen molar-refractivity contribution >= 4 is 30.7 Å². The van der Waals surface area contributed by atoms with E-state index in [0.717, 1.165) is 0 Å². The van der Waals surface area contributed by atoms with Gasteiger partial charge in [0.2, 0.25) is 0 Å². The number of esters is 1. The summed E-state index contributed by atoms with van der Waals surface area (Å²) in [6, 6.07) is 0. The lowest BCUT2D eigenvalue weighted by Crippen LogP contribution is -2.63. The molecular weight excluding hydrogens is 328 g/mol. The molecule has 0 radical (unpaired) electrons. The predicted octanol–water partition coefficient (Wildman–Crippen LogP) is 3.87. The molecule has 4 atom stereocenters. The van der Waals surface area contributed by atoms with Crippen LogP contribution in [0.5, 0.6) is 0 Å². The molecule has 0 amide bonds. The van der Waals surface area contributed by atoms with Gasteiger partial charge in [0, 0.05) is 5.92 Å². The zero-order valence-corrected chi connectivity index (χ0v) is 18.9. The number of hydrogen-bond acceptors (Lipinski definition) is 4. The fourth-order valence-electron chi connectivity index (χ4n) is 2.92. The van der Waals surface area contributed by atoms with Crippen LogP contribution in [0.15, 0.2) is 0 Å². The first-order valence-electron chi connectivity index (χ1n) is 8.18. The van der Waals surface area contributed by atoms with Crippen molar-refractivity contribution in [3.05, 3.63) is 0 Å². The van der Waals surface area contributed by atoms with Gasteiger partial charge in [0.1, 0.15) is 0 Å². The normalized spacial score (nSPS) is 31.1. The molecule has 0 aliphatic carbocycles. The average Bonchev–Trinajstić information content (AvgIpc) is 2.23. The topological polar surface area (TPSA) is 44.8 Å². The summed E-state index contributed by atoms with van der Waals surface area (Å²) in [6.07, 6.45) is -0.752. The van der Waals surface area contributed by atoms with Gasteiger partial charge in [-0.25, -0.2) is 4.79 Å². The number of ether oxygens (including phenoxy) is 1. The van der Waals surface area contributed by atoms with Gasteiger partial charge in [-0.15, -0.1) is 0 Å². The van der Waals surface area contributed by atoms with E-state index in [9.17, 15) is 4.79 Å². The van der Waals surface area contributed by atoms with Crippen molar-refractivity contribution in [1.82, 2.24) is 0 Å². The third-order valence-corrected chi connectivity index (χ3v) is 7.88. The number of rotatable bonds is 5. The number of cyclic esters (lactones) is 1. The van der Waals surface area contributed by atoms with Crippen molar-refractivity contribution in [1.29, 1.82) is 0 Å². The fraction of sp³-hybridized carbons (Fsp3) is 0.933. The van der Waals surface area contributed by atoms with E-state index in [1.165, 1.54) is 0 Å². The average molecular weight is 363 g/mol. The Hall–Kier alpha value is 0.0406. The van der Waals surface area contributed by atoms with Crippen molar-refractivity contribution in [3.63, 3.8) is 0 Å². The van der Waals surface area contributed by atoms with Gasteiger partial charge in [0.15, 0.2) is 22.7 Å². The van der Waals surface area contributed by atoms with Gasteiger partial charge in [0.05, 0.1) is 19.9 Å². The highest BCUT2D eigenvalue weighted by Gasteiger charge is 2.51. The highest BCUT2D eigenvalue weighted by molar-refractivity contribution is 6.77. The molecule has 22 heavy (non-hydrogen) atoms. The monoisotopic (exact) mass is 362 g/mol. The first kappa shape index (κ1) is 20.1. The Kier molecular flexibility index (Phi) is 5.94. The van der Waals surface area contributed by atoms with Crippen LogP contribution in [0.4, 0.5) is 0 Å². The third-order valence-electron chi connectivity index (χ3n) is 3.59. The molecule has 1 saturated heterocycles. The van der Waals surface area contributed by atoms with Crippen LogP contribution in [0.2, 0.25) is 58.9 Å². The Morgan fingerprint density at radius 1 is 0.864 bits per heavy atom. The van der Waals surface area contributed by atoms with Crippen molar-refractivity contribution in [2.45, 2.75) is 83.8 Å². The second-order valence-corrected chi connectivity index (χ2v) is 23.7. The molecule has 0 aromatic heterocycles. The minimum atomic E-state index is -1.86. The Morgan fingerprint density at radius 3 is 1.68 bits per heavy atom. The smallest absolute Gasteiger partial charge is 0.336 e. The third kappa shape index (κ3) is 5.59. The van der Waals surface area contributed by atoms with Gasteiger partial charge in [-0.2, -0.15) is 0 Å². The molecule has 0 unspecified atom stereocenters. The summed E-state index contributed by atoms with van der Waals surface area (Å²) in [5.74, 6) is -0.0476. The molecule has 1 aliphatic rings. The van der Waals surface area contributed by atoms with Gasteiger partial charge < -0.3 is 13.6 Å². The Morgan fingerprint density at radius 2 is 1.32 bits per heavy atom. The predicted molar refractivity (Wildman–Crippen MR) is 98.8 cm³/mol. The van der Waals surface area contributed by atoms with Crippen LogP contribution in [0.1, 0.15) is 6.92 Å². The zero-order chi connectivity index (χ0) is 17.5. The van der Waals surface area contributed by atoms with Gasteiger partial charge in [-0.05, 0) is 39.3 Å². The molecule has 130 valence electrons. The fourth-order valence-corrected chi connectivity index (χ4v) is 7.30. The summed E-state index contributed by atoms with van der Waals surface area (Å²) in [5, 5.41) is 0. The summed E-state index contributed by atoms with van der Waals surface area (Å²) >= 11 is 0. The molecule has 0 spiro atoms. The number of carbonyl (C=O) groups is 1. The van der Waals surface area contributed by atoms with E-state index in [1.807, 2.05) is 0 Å². The summed E-state index contributed by atoms with van der Waals surface area (Å²) in [4.78, 5) is 12.6. The van der Waals surface area contributed by atoms with E-state index in [4.69, 9.17) is 13.6 Å². The van der Waals surface area contributed by atoms with Crippen LogP contribution in [0.3, 0.4) is 0 Å². The van der Waals surface area contributed by atoms with Crippen molar-refractivity contribution in [2.75, 3.05) is 0 Å². The van der Waals surface area contributed by atoms with Crippen LogP contribution < -0.4 is 0 Å². The molecule has 0 aromatic rings. The van der Waals surface area contributed by atoms with Gasteiger partial charge in [0.25, 0.3) is 0 Å². The largest absolute Gasteiger partial charge is 0.464 e. The Labute approximate surface area is 139 Å². The van der Waals surface area contributed by atoms with Crippen molar-refractivity contribution in [3.8, 4) is 0 Å². The van der Waals surface area contributed by atoms with Gasteiger partial charge >= 0.3 is 5.97 Å². The molecule has 0 N–H and O–H groups in total. The molecule has 0 saturated carbocycles. The Balaban J connectivity index is 3.13. The van der Waals surface area contributed by atoms with E-state index in [0.29, 0.717) is 0 Å². The van der Waals surface area contributed by atoms with Crippen molar-refractivity contribution in [2.24, 2.45) is 5.92 Å². The maximum absolute atomic E-state index is 12.6. The van der Waals surface area contributed by atoms with Crippen LogP contribution >= 0.6 is 0 Å². The molecule has 0 aromatic carbocycles. The second-order valence-electron chi connectivity index (χ2n) is 9.43. The standard InChI is InChI=1S/C15H34O4Si3/c1-11-12(18-21(5,6)7)13(19-22(8,9)10)14(16)17-15(11)20(2,3)4/h11-13,15H,1-10H3/t11-,12-,13+,15+/m0/s1. The molecular formula is C15H34O4Si3. The van der Waals surface area contributed by atoms with Crippen LogP contribution in [-0.2, 0) is 18.4 Å². The van der Waals surface area contributed by atoms with Crippen LogP contribution in [0.25, 0.3) is 0 Å². The SMILES string of the molecule is C[C@H]1[C@H](O[Si](C)(C)C)[C@@H](O[Si](C)(C)C)C(=O)O[C@@H]1[Si](C)(C)C. The molecule has 4 nitrogen and oxygen atoms in total. The van der Waals surface area contributed by atoms with Crippen LogP contribution in [0, 0.1) is 5.92 Å². The summed E-state index contributed by atoms with van der Waals surface area (Å²) < 4.78 is 18.4. The van der Waals surface area contributed by atoms with Gasteiger partial charge in [-0.3, -0.25) is 0 Å². The van der Waals surface area contributed by atoms with E-state index < -0.39 is 30.8 Å². The van der Waals surface area contributed by atoms with Crippen LogP contribution in [-0.4, -0.2) is 48.6 Å². The minimum Gasteiger partial charge on any atom is -0.464 e. The lowest BCUT2D eigenvalue weighted by molar-refractivity contribution is -0.177. The lowest BCUT2D eigenvalue weighted by atomic mass is 9.98. The van der Waals surface area contributed by atoms with Crippen molar-refractivity contribution < 1.29 is 18.4 Å². The maximum Gasteiger partial charge on any atom is 0.336 e. The lowest BCUT2D eigenvalue weighted by Gasteiger charge is -2.47. The molecule has 0 bridgehead atoms. The minimum absolute atomic E-state index is 0.0113. The molecule has 1 heterocycles. The number of hydrogen-bond donors (Lipinski definition) is 0. The number of carbonyl (C=O) groups excluding carboxylic acids is 1. The summed E-state index contributed by atoms with van der Waals surface area (Å²) in [6.45, 7) is 21.7. The zero-order valence-electron chi connectivity index (χ0n) is 15.9. The Bertz CT molecular complexity index is 406. The molecule has 1 rings (SSSR count). The summed E-state index contributed by atoms with van der Waals surface area (Å²) in [7, 11) is -5.25. The van der Waals surface area contributed by atoms with E-state index in [2.05, 4.69) is 65.8 Å². The highest BCUT2D eigenvalue weighted by atomic mass is 28.4.